The number of aryl methyl sites for hydroxylation is 1. The van der Waals surface area contributed by atoms with E-state index in [4.69, 9.17) is 4.42 Å². The third-order valence-electron chi connectivity index (χ3n) is 6.92. The number of carbonyl (C=O) groups excluding carboxylic acids is 2. The Morgan fingerprint density at radius 1 is 1.16 bits per heavy atom. The summed E-state index contributed by atoms with van der Waals surface area (Å²) in [4.78, 5) is 34.6. The Morgan fingerprint density at radius 2 is 2.00 bits per heavy atom. The van der Waals surface area contributed by atoms with Crippen LogP contribution < -0.4 is 10.6 Å². The van der Waals surface area contributed by atoms with Gasteiger partial charge in [-0.1, -0.05) is 24.3 Å². The van der Waals surface area contributed by atoms with E-state index in [2.05, 4.69) is 27.8 Å². The third-order valence-corrected chi connectivity index (χ3v) is 6.92. The second-order valence-corrected chi connectivity index (χ2v) is 9.55. The normalized spacial score (nSPS) is 18.2. The number of nitriles is 1. The number of anilines is 1. The van der Waals surface area contributed by atoms with Gasteiger partial charge in [0.05, 0.1) is 6.54 Å². The molecule has 9 heteroatoms. The molecule has 0 spiro atoms. The minimum Gasteiger partial charge on any atom is -0.461 e. The minimum absolute atomic E-state index is 0.0397. The summed E-state index contributed by atoms with van der Waals surface area (Å²) in [6.45, 7) is 3.67. The number of fused-ring (bicyclic) bond motifs is 2. The summed E-state index contributed by atoms with van der Waals surface area (Å²) in [5, 5.41) is 15.9. The van der Waals surface area contributed by atoms with Crippen molar-refractivity contribution in [2.24, 2.45) is 4.99 Å². The smallest absolute Gasteiger partial charge is 0.247 e. The molecule has 0 bridgehead atoms. The van der Waals surface area contributed by atoms with E-state index < -0.39 is 6.04 Å². The highest BCUT2D eigenvalue weighted by Gasteiger charge is 2.30. The van der Waals surface area contributed by atoms with Crippen LogP contribution in [0.4, 0.5) is 5.69 Å². The summed E-state index contributed by atoms with van der Waals surface area (Å²) in [6, 6.07) is 15.0. The van der Waals surface area contributed by atoms with Crippen molar-refractivity contribution in [1.82, 2.24) is 15.1 Å². The number of furan rings is 1. The maximum Gasteiger partial charge on any atom is 0.247 e. The second kappa shape index (κ2) is 10.7. The van der Waals surface area contributed by atoms with Crippen LogP contribution >= 0.6 is 0 Å². The number of likely N-dealkylation sites (tertiary alicyclic amines) is 1. The van der Waals surface area contributed by atoms with E-state index in [1.54, 1.807) is 4.90 Å². The molecule has 1 unspecified atom stereocenters. The summed E-state index contributed by atoms with van der Waals surface area (Å²) >= 11 is 0. The van der Waals surface area contributed by atoms with E-state index in [1.165, 1.54) is 5.56 Å². The fraction of sp³-hybridized carbons (Fsp3) is 0.357. The molecular weight excluding hydrogens is 468 g/mol. The van der Waals surface area contributed by atoms with Gasteiger partial charge in [0, 0.05) is 30.7 Å². The molecule has 9 nitrogen and oxygen atoms in total. The van der Waals surface area contributed by atoms with Crippen molar-refractivity contribution in [3.8, 4) is 6.19 Å². The van der Waals surface area contributed by atoms with Crippen molar-refractivity contribution in [2.75, 3.05) is 25.0 Å². The van der Waals surface area contributed by atoms with Crippen LogP contribution in [0.3, 0.4) is 0 Å². The first-order valence-corrected chi connectivity index (χ1v) is 12.6. The molecule has 1 atom stereocenters. The van der Waals surface area contributed by atoms with E-state index in [0.29, 0.717) is 31.7 Å². The molecule has 2 N–H and O–H groups in total. The van der Waals surface area contributed by atoms with E-state index >= 15 is 0 Å². The van der Waals surface area contributed by atoms with E-state index in [9.17, 15) is 14.9 Å². The summed E-state index contributed by atoms with van der Waals surface area (Å²) in [5.41, 5.74) is 3.92. The third kappa shape index (κ3) is 5.59. The number of nitrogens with zero attached hydrogens (tertiary/aromatic N) is 4. The number of rotatable bonds is 4. The molecule has 190 valence electrons. The summed E-state index contributed by atoms with van der Waals surface area (Å²) < 4.78 is 5.62. The lowest BCUT2D eigenvalue weighted by Crippen LogP contribution is -2.47. The lowest BCUT2D eigenvalue weighted by molar-refractivity contribution is -0.141. The topological polar surface area (TPSA) is 114 Å². The van der Waals surface area contributed by atoms with Gasteiger partial charge in [0.1, 0.15) is 17.4 Å². The van der Waals surface area contributed by atoms with Crippen molar-refractivity contribution < 1.29 is 14.0 Å². The van der Waals surface area contributed by atoms with Crippen molar-refractivity contribution >= 4 is 34.4 Å². The lowest BCUT2D eigenvalue weighted by Gasteiger charge is -2.31. The first kappa shape index (κ1) is 24.4. The van der Waals surface area contributed by atoms with Gasteiger partial charge in [-0.3, -0.25) is 14.9 Å². The molecule has 1 aromatic heterocycles. The number of hydrogen-bond acceptors (Lipinski definition) is 5. The van der Waals surface area contributed by atoms with Gasteiger partial charge < -0.3 is 19.5 Å². The van der Waals surface area contributed by atoms with Crippen LogP contribution in [-0.2, 0) is 22.6 Å². The molecule has 1 fully saturated rings. The average Bonchev–Trinajstić information content (AvgIpc) is 3.19. The fourth-order valence-corrected chi connectivity index (χ4v) is 5.03. The Labute approximate surface area is 215 Å². The van der Waals surface area contributed by atoms with Gasteiger partial charge in [-0.2, -0.15) is 5.26 Å². The van der Waals surface area contributed by atoms with Crippen LogP contribution in [0.5, 0.6) is 0 Å². The van der Waals surface area contributed by atoms with Crippen molar-refractivity contribution in [2.45, 2.75) is 45.2 Å². The highest BCUT2D eigenvalue weighted by Crippen LogP contribution is 2.23. The van der Waals surface area contributed by atoms with Crippen molar-refractivity contribution in [3.05, 3.63) is 65.4 Å². The molecule has 2 aromatic carbocycles. The van der Waals surface area contributed by atoms with Gasteiger partial charge in [0.15, 0.2) is 6.19 Å². The predicted molar refractivity (Wildman–Crippen MR) is 141 cm³/mol. The van der Waals surface area contributed by atoms with Crippen LogP contribution in [0, 0.1) is 18.4 Å². The van der Waals surface area contributed by atoms with Gasteiger partial charge in [-0.05, 0) is 68.0 Å². The molecule has 1 saturated heterocycles. The first-order valence-electron chi connectivity index (χ1n) is 12.6. The molecule has 5 rings (SSSR count). The van der Waals surface area contributed by atoms with Crippen molar-refractivity contribution in [1.29, 1.82) is 5.26 Å². The van der Waals surface area contributed by atoms with Crippen LogP contribution in [0.2, 0.25) is 0 Å². The van der Waals surface area contributed by atoms with Gasteiger partial charge in [0.25, 0.3) is 0 Å². The zero-order valence-electron chi connectivity index (χ0n) is 20.9. The molecule has 0 saturated carbocycles. The Hall–Kier alpha value is -4.32. The predicted octanol–water partition coefficient (Wildman–Crippen LogP) is 3.55. The van der Waals surface area contributed by atoms with E-state index in [1.807, 2.05) is 54.4 Å². The van der Waals surface area contributed by atoms with Crippen LogP contribution in [-0.4, -0.2) is 53.2 Å². The summed E-state index contributed by atoms with van der Waals surface area (Å²) in [7, 11) is 0. The number of amides is 2. The zero-order chi connectivity index (χ0) is 25.8. The zero-order valence-corrected chi connectivity index (χ0v) is 20.9. The lowest BCUT2D eigenvalue weighted by atomic mass is 10.00. The number of hydrogen-bond donors (Lipinski definition) is 2. The van der Waals surface area contributed by atoms with Gasteiger partial charge in [0.2, 0.25) is 17.8 Å². The molecule has 37 heavy (non-hydrogen) atoms. The number of benzene rings is 2. The summed E-state index contributed by atoms with van der Waals surface area (Å²) in [5.74, 6) is 0.762. The number of guanidine groups is 1. The Kier molecular flexibility index (Phi) is 7.08. The molecule has 3 heterocycles. The molecular formula is C28H30N6O3. The average molecular weight is 499 g/mol. The van der Waals surface area contributed by atoms with Gasteiger partial charge >= 0.3 is 0 Å². The molecule has 2 aliphatic heterocycles. The van der Waals surface area contributed by atoms with E-state index in [0.717, 1.165) is 41.6 Å². The Bertz CT molecular complexity index is 1390. The van der Waals surface area contributed by atoms with Crippen LogP contribution in [0.25, 0.3) is 11.0 Å². The largest absolute Gasteiger partial charge is 0.461 e. The monoisotopic (exact) mass is 498 g/mol. The van der Waals surface area contributed by atoms with Crippen LogP contribution in [0.1, 0.15) is 36.1 Å². The maximum absolute atomic E-state index is 13.4. The van der Waals surface area contributed by atoms with Crippen molar-refractivity contribution in [3.63, 3.8) is 0 Å². The molecule has 0 aliphatic carbocycles. The number of nitrogens with one attached hydrogen (secondary N) is 2. The highest BCUT2D eigenvalue weighted by molar-refractivity contribution is 5.98. The van der Waals surface area contributed by atoms with Gasteiger partial charge in [-0.25, -0.2) is 4.99 Å². The Morgan fingerprint density at radius 3 is 2.84 bits per heavy atom. The number of carbonyl (C=O) groups is 2. The Balaban J connectivity index is 1.28. The quantitative estimate of drug-likeness (QED) is 0.246. The summed E-state index contributed by atoms with van der Waals surface area (Å²) in [6.07, 6.45) is 4.88. The standard InChI is InChI=1S/C28H30N6O3/c1-19-14-22-15-23(9-10-25(22)37-19)31-28(30-18-29)32-24-8-4-5-12-34(27(24)36)17-26(35)33-13-11-20-6-2-3-7-21(20)16-33/h2-3,6-7,9-10,14-15,24H,4-5,8,11-13,16-17H2,1H3,(H2,30,31,32). The fourth-order valence-electron chi connectivity index (χ4n) is 5.03. The SMILES string of the molecule is Cc1cc2cc(NC(=NC3CCCCN(CC(=O)N4CCc5ccccc5C4)C3=O)NC#N)ccc2o1. The van der Waals surface area contributed by atoms with E-state index in [-0.39, 0.29) is 24.3 Å². The first-order chi connectivity index (χ1) is 18.0. The molecule has 0 radical (unpaired) electrons. The van der Waals surface area contributed by atoms with Crippen LogP contribution in [0.15, 0.2) is 57.9 Å². The second-order valence-electron chi connectivity index (χ2n) is 9.55. The maximum atomic E-state index is 13.4. The minimum atomic E-state index is -0.680. The molecule has 2 amide bonds. The molecule has 3 aromatic rings. The number of aliphatic imine (C=N–C) groups is 1. The van der Waals surface area contributed by atoms with Gasteiger partial charge in [-0.15, -0.1) is 0 Å². The molecule has 2 aliphatic rings. The highest BCUT2D eigenvalue weighted by atomic mass is 16.3.